The summed E-state index contributed by atoms with van der Waals surface area (Å²) in [6.45, 7) is 5.84. The number of halogens is 1. The number of hydrogen-bond donors (Lipinski definition) is 2. The number of aryl methyl sites for hydroxylation is 1. The zero-order chi connectivity index (χ0) is 14.7. The molecule has 0 spiro atoms. The minimum atomic E-state index is -3.59. The van der Waals surface area contributed by atoms with Crippen LogP contribution >= 0.6 is 11.6 Å². The molecule has 0 saturated carbocycles. The predicted octanol–water partition coefficient (Wildman–Crippen LogP) is 2.44. The van der Waals surface area contributed by atoms with E-state index in [-0.39, 0.29) is 11.4 Å². The van der Waals surface area contributed by atoms with Gasteiger partial charge in [0, 0.05) is 17.1 Å². The van der Waals surface area contributed by atoms with Gasteiger partial charge in [0.1, 0.15) is 0 Å². The van der Waals surface area contributed by atoms with Gasteiger partial charge in [0.05, 0.1) is 4.90 Å². The molecule has 0 atom stereocenters. The third-order valence-electron chi connectivity index (χ3n) is 3.52. The molecule has 1 rings (SSSR count). The molecule has 0 saturated heterocycles. The van der Waals surface area contributed by atoms with Gasteiger partial charge in [-0.3, -0.25) is 0 Å². The number of nitrogens with two attached hydrogens (primary N) is 1. The molecular formula is C13H21ClN2O2S. The normalized spacial score (nSPS) is 12.7. The number of benzene rings is 1. The third kappa shape index (κ3) is 3.69. The number of rotatable bonds is 6. The summed E-state index contributed by atoms with van der Waals surface area (Å²) in [4.78, 5) is 0.247. The maximum absolute atomic E-state index is 12.4. The fourth-order valence-electron chi connectivity index (χ4n) is 1.98. The summed E-state index contributed by atoms with van der Waals surface area (Å²) in [7, 11) is -3.59. The first-order valence-corrected chi connectivity index (χ1v) is 8.16. The molecule has 0 radical (unpaired) electrons. The van der Waals surface area contributed by atoms with Gasteiger partial charge in [-0.15, -0.1) is 0 Å². The summed E-state index contributed by atoms with van der Waals surface area (Å²) in [6, 6.07) is 4.73. The maximum atomic E-state index is 12.4. The van der Waals surface area contributed by atoms with Gasteiger partial charge in [-0.2, -0.15) is 0 Å². The molecule has 19 heavy (non-hydrogen) atoms. The lowest BCUT2D eigenvalue weighted by atomic mass is 9.95. The Morgan fingerprint density at radius 1 is 1.32 bits per heavy atom. The quantitative estimate of drug-likeness (QED) is 0.848. The van der Waals surface area contributed by atoms with E-state index in [1.807, 2.05) is 13.8 Å². The first-order valence-electron chi connectivity index (χ1n) is 6.30. The average Bonchev–Trinajstić information content (AvgIpc) is 2.35. The molecule has 1 aromatic carbocycles. The van der Waals surface area contributed by atoms with Crippen molar-refractivity contribution in [2.24, 2.45) is 5.73 Å². The number of hydrogen-bond acceptors (Lipinski definition) is 3. The molecule has 1 aromatic rings. The van der Waals surface area contributed by atoms with Gasteiger partial charge < -0.3 is 5.73 Å². The Morgan fingerprint density at radius 3 is 2.32 bits per heavy atom. The highest BCUT2D eigenvalue weighted by Crippen LogP contribution is 2.23. The van der Waals surface area contributed by atoms with Crippen LogP contribution in [0.5, 0.6) is 0 Å². The first-order chi connectivity index (χ1) is 8.80. The van der Waals surface area contributed by atoms with E-state index in [9.17, 15) is 8.42 Å². The van der Waals surface area contributed by atoms with Crippen LogP contribution in [-0.4, -0.2) is 20.5 Å². The second kappa shape index (κ2) is 6.22. The van der Waals surface area contributed by atoms with E-state index in [0.717, 1.165) is 0 Å². The lowest BCUT2D eigenvalue weighted by molar-refractivity contribution is 0.363. The summed E-state index contributed by atoms with van der Waals surface area (Å²) >= 11 is 5.85. The molecule has 108 valence electrons. The molecule has 6 heteroatoms. The van der Waals surface area contributed by atoms with Crippen LogP contribution in [0.3, 0.4) is 0 Å². The molecular weight excluding hydrogens is 284 g/mol. The fraction of sp³-hybridized carbons (Fsp3) is 0.538. The molecule has 0 bridgehead atoms. The highest BCUT2D eigenvalue weighted by atomic mass is 35.5. The molecule has 0 aliphatic rings. The summed E-state index contributed by atoms with van der Waals surface area (Å²) < 4.78 is 27.6. The Hall–Kier alpha value is -0.620. The fourth-order valence-corrected chi connectivity index (χ4v) is 3.99. The first kappa shape index (κ1) is 16.4. The summed E-state index contributed by atoms with van der Waals surface area (Å²) in [5.41, 5.74) is 5.76. The van der Waals surface area contributed by atoms with E-state index in [0.29, 0.717) is 23.4 Å². The smallest absolute Gasteiger partial charge is 0.241 e. The van der Waals surface area contributed by atoms with Crippen LogP contribution in [0.4, 0.5) is 0 Å². The molecule has 0 fully saturated rings. The monoisotopic (exact) mass is 304 g/mol. The predicted molar refractivity (Wildman–Crippen MR) is 78.9 cm³/mol. The van der Waals surface area contributed by atoms with Crippen molar-refractivity contribution in [1.29, 1.82) is 0 Å². The van der Waals surface area contributed by atoms with E-state index in [4.69, 9.17) is 17.3 Å². The molecule has 4 nitrogen and oxygen atoms in total. The highest BCUT2D eigenvalue weighted by molar-refractivity contribution is 7.89. The van der Waals surface area contributed by atoms with E-state index in [1.54, 1.807) is 19.1 Å². The van der Waals surface area contributed by atoms with Crippen LogP contribution in [0.2, 0.25) is 5.02 Å². The number of nitrogens with one attached hydrogen (secondary N) is 1. The Labute approximate surface area is 120 Å². The zero-order valence-corrected chi connectivity index (χ0v) is 13.1. The Balaban J connectivity index is 3.17. The van der Waals surface area contributed by atoms with Crippen molar-refractivity contribution in [1.82, 2.24) is 4.72 Å². The van der Waals surface area contributed by atoms with Crippen LogP contribution in [0, 0.1) is 6.92 Å². The lowest BCUT2D eigenvalue weighted by Gasteiger charge is -2.31. The molecule has 0 amide bonds. The topological polar surface area (TPSA) is 72.2 Å². The van der Waals surface area contributed by atoms with Crippen LogP contribution in [-0.2, 0) is 10.0 Å². The van der Waals surface area contributed by atoms with E-state index < -0.39 is 15.6 Å². The molecule has 0 aliphatic carbocycles. The Bertz CT molecular complexity index is 531. The van der Waals surface area contributed by atoms with Gasteiger partial charge in [0.2, 0.25) is 10.0 Å². The SMILES string of the molecule is CCC(CC)(CN)NS(=O)(=O)c1ccc(Cl)cc1C. The highest BCUT2D eigenvalue weighted by Gasteiger charge is 2.31. The van der Waals surface area contributed by atoms with Crippen molar-refractivity contribution in [2.75, 3.05) is 6.54 Å². The number of sulfonamides is 1. The second-order valence-electron chi connectivity index (χ2n) is 4.71. The van der Waals surface area contributed by atoms with Crippen molar-refractivity contribution >= 4 is 21.6 Å². The van der Waals surface area contributed by atoms with Crippen molar-refractivity contribution in [3.05, 3.63) is 28.8 Å². The van der Waals surface area contributed by atoms with Crippen molar-refractivity contribution in [2.45, 2.75) is 44.0 Å². The van der Waals surface area contributed by atoms with Crippen molar-refractivity contribution in [3.8, 4) is 0 Å². The zero-order valence-electron chi connectivity index (χ0n) is 11.5. The largest absolute Gasteiger partial charge is 0.329 e. The minimum Gasteiger partial charge on any atom is -0.329 e. The summed E-state index contributed by atoms with van der Waals surface area (Å²) in [6.07, 6.45) is 1.29. The molecule has 0 aromatic heterocycles. The van der Waals surface area contributed by atoms with E-state index in [1.165, 1.54) is 6.07 Å². The van der Waals surface area contributed by atoms with Gasteiger partial charge in [-0.05, 0) is 43.5 Å². The molecule has 3 N–H and O–H groups in total. The minimum absolute atomic E-state index is 0.247. The standard InChI is InChI=1S/C13H21ClN2O2S/c1-4-13(5-2,9-15)16-19(17,18)12-7-6-11(14)8-10(12)3/h6-8,16H,4-5,9,15H2,1-3H3. The van der Waals surface area contributed by atoms with Crippen molar-refractivity contribution in [3.63, 3.8) is 0 Å². The lowest BCUT2D eigenvalue weighted by Crippen LogP contribution is -2.52. The van der Waals surface area contributed by atoms with Crippen LogP contribution < -0.4 is 10.5 Å². The van der Waals surface area contributed by atoms with Gasteiger partial charge in [0.25, 0.3) is 0 Å². The van der Waals surface area contributed by atoms with E-state index >= 15 is 0 Å². The molecule has 0 aliphatic heterocycles. The Morgan fingerprint density at radius 2 is 1.89 bits per heavy atom. The van der Waals surface area contributed by atoms with Gasteiger partial charge in [-0.25, -0.2) is 13.1 Å². The average molecular weight is 305 g/mol. The maximum Gasteiger partial charge on any atom is 0.241 e. The third-order valence-corrected chi connectivity index (χ3v) is 5.50. The second-order valence-corrected chi connectivity index (χ2v) is 6.79. The van der Waals surface area contributed by atoms with Crippen LogP contribution in [0.15, 0.2) is 23.1 Å². The van der Waals surface area contributed by atoms with E-state index in [2.05, 4.69) is 4.72 Å². The van der Waals surface area contributed by atoms with Gasteiger partial charge in [0.15, 0.2) is 0 Å². The molecule has 0 heterocycles. The molecule has 0 unspecified atom stereocenters. The van der Waals surface area contributed by atoms with Gasteiger partial charge >= 0.3 is 0 Å². The van der Waals surface area contributed by atoms with Crippen molar-refractivity contribution < 1.29 is 8.42 Å². The van der Waals surface area contributed by atoms with Gasteiger partial charge in [-0.1, -0.05) is 25.4 Å². The Kier molecular flexibility index (Phi) is 5.38. The van der Waals surface area contributed by atoms with Crippen LogP contribution in [0.25, 0.3) is 0 Å². The van der Waals surface area contributed by atoms with Crippen LogP contribution in [0.1, 0.15) is 32.3 Å². The summed E-state index contributed by atoms with van der Waals surface area (Å²) in [5.74, 6) is 0. The summed E-state index contributed by atoms with van der Waals surface area (Å²) in [5, 5.41) is 0.521.